The number of benzene rings is 1. The number of hydrogen-bond donors (Lipinski definition) is 0. The lowest BCUT2D eigenvalue weighted by atomic mass is 9.89. The van der Waals surface area contributed by atoms with Gasteiger partial charge in [0.25, 0.3) is 5.54 Å². The molecule has 0 aliphatic carbocycles. The summed E-state index contributed by atoms with van der Waals surface area (Å²) in [5, 5.41) is 12.0. The Hall–Kier alpha value is -0.880. The number of nitro groups is 1. The molecule has 2 unspecified atom stereocenters. The molecule has 0 spiro atoms. The largest absolute Gasteiger partial charge is 0.298 e. The van der Waals surface area contributed by atoms with Crippen molar-refractivity contribution in [1.82, 2.24) is 9.80 Å². The van der Waals surface area contributed by atoms with Gasteiger partial charge in [-0.2, -0.15) is 0 Å². The molecule has 0 radical (unpaired) electrons. The fraction of sp³-hybridized carbons (Fsp3) is 0.647. The molecular formula is C17H27Cl2N3O2. The van der Waals surface area contributed by atoms with Crippen LogP contribution in [-0.2, 0) is 6.42 Å². The molecule has 136 valence electrons. The molecule has 1 aromatic carbocycles. The monoisotopic (exact) mass is 375 g/mol. The molecule has 0 N–H and O–H groups in total. The maximum absolute atomic E-state index is 12.0. The summed E-state index contributed by atoms with van der Waals surface area (Å²) >= 11 is 0. The maximum atomic E-state index is 12.0. The van der Waals surface area contributed by atoms with Gasteiger partial charge in [-0.3, -0.25) is 19.9 Å². The van der Waals surface area contributed by atoms with Crippen LogP contribution in [0.25, 0.3) is 0 Å². The van der Waals surface area contributed by atoms with Gasteiger partial charge < -0.3 is 0 Å². The van der Waals surface area contributed by atoms with Crippen LogP contribution >= 0.6 is 24.8 Å². The van der Waals surface area contributed by atoms with Crippen molar-refractivity contribution in [2.75, 3.05) is 33.2 Å². The molecule has 2 saturated heterocycles. The summed E-state index contributed by atoms with van der Waals surface area (Å²) in [4.78, 5) is 16.5. The third kappa shape index (κ3) is 4.60. The zero-order valence-electron chi connectivity index (χ0n) is 14.1. The summed E-state index contributed by atoms with van der Waals surface area (Å²) in [5.74, 6) is 0. The van der Waals surface area contributed by atoms with E-state index in [-0.39, 0.29) is 29.7 Å². The van der Waals surface area contributed by atoms with E-state index in [0.29, 0.717) is 25.6 Å². The fourth-order valence-corrected chi connectivity index (χ4v) is 4.10. The third-order valence-electron chi connectivity index (χ3n) is 5.10. The second-order valence-corrected chi connectivity index (χ2v) is 6.96. The maximum Gasteiger partial charge on any atom is 0.251 e. The third-order valence-corrected chi connectivity index (χ3v) is 5.10. The molecule has 2 heterocycles. The van der Waals surface area contributed by atoms with Crippen LogP contribution in [-0.4, -0.2) is 59.5 Å². The number of likely N-dealkylation sites (N-methyl/N-ethyl adjacent to an activating group) is 1. The summed E-state index contributed by atoms with van der Waals surface area (Å²) < 4.78 is 0. The van der Waals surface area contributed by atoms with Gasteiger partial charge in [0.05, 0.1) is 13.1 Å². The SMILES string of the molecule is CN1CC2CCCCN2CC(Cc2ccccc2)([N+](=O)[O-])C1.Cl.Cl. The topological polar surface area (TPSA) is 49.6 Å². The Labute approximate surface area is 156 Å². The summed E-state index contributed by atoms with van der Waals surface area (Å²) in [7, 11) is 2.03. The number of halogens is 2. The fourth-order valence-electron chi connectivity index (χ4n) is 4.10. The molecule has 1 aromatic rings. The van der Waals surface area contributed by atoms with Crippen LogP contribution in [0.3, 0.4) is 0 Å². The standard InChI is InChI=1S/C17H25N3O2.2ClH/c1-18-12-16-9-5-6-10-19(16)14-17(13-18,20(21)22)11-15-7-3-2-4-8-15;;/h2-4,7-8,16H,5-6,9-14H2,1H3;2*1H. The average Bonchev–Trinajstić information content (AvgIpc) is 2.64. The Morgan fingerprint density at radius 3 is 2.58 bits per heavy atom. The van der Waals surface area contributed by atoms with Gasteiger partial charge in [0.2, 0.25) is 0 Å². The number of rotatable bonds is 3. The van der Waals surface area contributed by atoms with E-state index in [1.807, 2.05) is 37.4 Å². The summed E-state index contributed by atoms with van der Waals surface area (Å²) in [6.45, 7) is 3.05. The van der Waals surface area contributed by atoms with Crippen molar-refractivity contribution in [2.45, 2.75) is 37.3 Å². The van der Waals surface area contributed by atoms with E-state index in [4.69, 9.17) is 0 Å². The Morgan fingerprint density at radius 1 is 1.21 bits per heavy atom. The Balaban J connectivity index is 0.00000144. The molecule has 7 heteroatoms. The highest BCUT2D eigenvalue weighted by atomic mass is 35.5. The van der Waals surface area contributed by atoms with Gasteiger partial charge in [0.1, 0.15) is 0 Å². The minimum atomic E-state index is -0.901. The molecule has 0 amide bonds. The van der Waals surface area contributed by atoms with Gasteiger partial charge in [0.15, 0.2) is 0 Å². The molecule has 0 aromatic heterocycles. The lowest BCUT2D eigenvalue weighted by molar-refractivity contribution is -0.570. The van der Waals surface area contributed by atoms with E-state index in [0.717, 1.165) is 18.7 Å². The highest BCUT2D eigenvalue weighted by Crippen LogP contribution is 2.28. The van der Waals surface area contributed by atoms with Crippen LogP contribution < -0.4 is 0 Å². The molecular weight excluding hydrogens is 349 g/mol. The van der Waals surface area contributed by atoms with Crippen LogP contribution in [0.5, 0.6) is 0 Å². The number of hydrogen-bond acceptors (Lipinski definition) is 4. The van der Waals surface area contributed by atoms with E-state index >= 15 is 0 Å². The first-order chi connectivity index (χ1) is 10.6. The second-order valence-electron chi connectivity index (χ2n) is 6.96. The molecule has 0 saturated carbocycles. The highest BCUT2D eigenvalue weighted by Gasteiger charge is 2.49. The van der Waals surface area contributed by atoms with Crippen LogP contribution in [0.15, 0.2) is 30.3 Å². The van der Waals surface area contributed by atoms with E-state index in [1.54, 1.807) is 0 Å². The van der Waals surface area contributed by atoms with Crippen LogP contribution in [0.2, 0.25) is 0 Å². The van der Waals surface area contributed by atoms with Crippen molar-refractivity contribution in [1.29, 1.82) is 0 Å². The van der Waals surface area contributed by atoms with E-state index in [1.165, 1.54) is 19.3 Å². The lowest BCUT2D eigenvalue weighted by Gasteiger charge is -2.36. The van der Waals surface area contributed by atoms with Crippen molar-refractivity contribution in [3.63, 3.8) is 0 Å². The van der Waals surface area contributed by atoms with Crippen LogP contribution in [0.4, 0.5) is 0 Å². The Morgan fingerprint density at radius 2 is 1.92 bits per heavy atom. The quantitative estimate of drug-likeness (QED) is 0.601. The molecule has 5 nitrogen and oxygen atoms in total. The van der Waals surface area contributed by atoms with E-state index in [2.05, 4.69) is 9.80 Å². The number of fused-ring (bicyclic) bond motifs is 1. The van der Waals surface area contributed by atoms with Crippen molar-refractivity contribution < 1.29 is 4.92 Å². The number of nitrogens with zero attached hydrogens (tertiary/aromatic N) is 3. The minimum absolute atomic E-state index is 0. The van der Waals surface area contributed by atoms with Crippen molar-refractivity contribution in [3.05, 3.63) is 46.0 Å². The predicted molar refractivity (Wildman–Crippen MR) is 101 cm³/mol. The van der Waals surface area contributed by atoms with Crippen molar-refractivity contribution in [3.8, 4) is 0 Å². The van der Waals surface area contributed by atoms with Gasteiger partial charge in [-0.15, -0.1) is 24.8 Å². The molecule has 3 rings (SSSR count). The predicted octanol–water partition coefficient (Wildman–Crippen LogP) is 2.89. The molecule has 2 atom stereocenters. The van der Waals surface area contributed by atoms with Crippen LogP contribution in [0.1, 0.15) is 24.8 Å². The first-order valence-corrected chi connectivity index (χ1v) is 8.20. The zero-order chi connectivity index (χ0) is 15.6. The summed E-state index contributed by atoms with van der Waals surface area (Å²) in [5.41, 5.74) is 0.158. The average molecular weight is 376 g/mol. The first-order valence-electron chi connectivity index (χ1n) is 8.20. The summed E-state index contributed by atoms with van der Waals surface area (Å²) in [6, 6.07) is 10.4. The zero-order valence-corrected chi connectivity index (χ0v) is 15.7. The highest BCUT2D eigenvalue weighted by molar-refractivity contribution is 5.85. The molecule has 2 aliphatic rings. The molecule has 0 bridgehead atoms. The second kappa shape index (κ2) is 8.99. The summed E-state index contributed by atoms with van der Waals surface area (Å²) in [6.07, 6.45) is 4.09. The number of piperidine rings is 1. The van der Waals surface area contributed by atoms with Crippen molar-refractivity contribution in [2.24, 2.45) is 0 Å². The lowest BCUT2D eigenvalue weighted by Crippen LogP contribution is -2.55. The van der Waals surface area contributed by atoms with Crippen LogP contribution in [0, 0.1) is 10.1 Å². The minimum Gasteiger partial charge on any atom is -0.298 e. The van der Waals surface area contributed by atoms with Gasteiger partial charge in [-0.1, -0.05) is 36.8 Å². The smallest absolute Gasteiger partial charge is 0.251 e. The molecule has 24 heavy (non-hydrogen) atoms. The first kappa shape index (κ1) is 21.2. The van der Waals surface area contributed by atoms with E-state index < -0.39 is 5.54 Å². The Kier molecular flexibility index (Phi) is 7.93. The molecule has 2 aliphatic heterocycles. The van der Waals surface area contributed by atoms with Crippen molar-refractivity contribution >= 4 is 24.8 Å². The molecule has 2 fully saturated rings. The normalized spacial score (nSPS) is 28.0. The van der Waals surface area contributed by atoms with Gasteiger partial charge in [-0.25, -0.2) is 0 Å². The van der Waals surface area contributed by atoms with E-state index in [9.17, 15) is 10.1 Å². The van der Waals surface area contributed by atoms with Gasteiger partial charge in [0, 0.05) is 23.9 Å². The van der Waals surface area contributed by atoms with Gasteiger partial charge >= 0.3 is 0 Å². The Bertz CT molecular complexity index is 532. The van der Waals surface area contributed by atoms with Gasteiger partial charge in [-0.05, 0) is 32.0 Å².